The van der Waals surface area contributed by atoms with Crippen LogP contribution in [0, 0.1) is 0 Å². The highest BCUT2D eigenvalue weighted by Gasteiger charge is 2.44. The van der Waals surface area contributed by atoms with E-state index in [1.807, 2.05) is 0 Å². The summed E-state index contributed by atoms with van der Waals surface area (Å²) in [7, 11) is -3.02. The molecule has 5 nitrogen and oxygen atoms in total. The average Bonchev–Trinajstić information content (AvgIpc) is 2.40. The van der Waals surface area contributed by atoms with E-state index in [0.29, 0.717) is 12.8 Å². The van der Waals surface area contributed by atoms with E-state index in [1.165, 1.54) is 0 Å². The molecule has 1 fully saturated rings. The molecule has 2 unspecified atom stereocenters. The molecule has 0 spiro atoms. The average molecular weight is 249 g/mol. The van der Waals surface area contributed by atoms with Crippen LogP contribution in [-0.2, 0) is 14.6 Å². The molecular formula is C10H19NO4S. The Kier molecular flexibility index (Phi) is 3.36. The Labute approximate surface area is 96.1 Å². The molecule has 1 saturated heterocycles. The molecule has 1 rings (SSSR count). The first-order valence-corrected chi connectivity index (χ1v) is 7.18. The van der Waals surface area contributed by atoms with Crippen molar-refractivity contribution in [2.75, 3.05) is 11.5 Å². The Bertz CT molecular complexity index is 392. The second-order valence-corrected chi connectivity index (χ2v) is 7.20. The molecule has 1 heterocycles. The third-order valence-electron chi connectivity index (χ3n) is 3.26. The minimum Gasteiger partial charge on any atom is -0.480 e. The van der Waals surface area contributed by atoms with Gasteiger partial charge in [0.25, 0.3) is 0 Å². The lowest BCUT2D eigenvalue weighted by molar-refractivity contribution is -0.145. The van der Waals surface area contributed by atoms with E-state index in [0.717, 1.165) is 0 Å². The molecule has 6 heteroatoms. The van der Waals surface area contributed by atoms with Crippen molar-refractivity contribution in [3.63, 3.8) is 0 Å². The summed E-state index contributed by atoms with van der Waals surface area (Å²) in [5.41, 5.74) is -1.68. The molecule has 0 aromatic carbocycles. The first kappa shape index (κ1) is 13.4. The minimum atomic E-state index is -3.02. The van der Waals surface area contributed by atoms with Gasteiger partial charge in [-0.1, -0.05) is 6.92 Å². The number of sulfone groups is 1. The summed E-state index contributed by atoms with van der Waals surface area (Å²) in [6.07, 6.45) is 0.885. The highest BCUT2D eigenvalue weighted by atomic mass is 32.2. The van der Waals surface area contributed by atoms with Crippen LogP contribution >= 0.6 is 0 Å². The fourth-order valence-corrected chi connectivity index (χ4v) is 4.16. The SMILES string of the molecule is CCC(C)(NC1(C)CCS(=O)(=O)C1)C(=O)O. The van der Waals surface area contributed by atoms with Crippen molar-refractivity contribution in [1.29, 1.82) is 0 Å². The van der Waals surface area contributed by atoms with Crippen molar-refractivity contribution in [1.82, 2.24) is 5.32 Å². The van der Waals surface area contributed by atoms with E-state index in [9.17, 15) is 13.2 Å². The first-order valence-electron chi connectivity index (χ1n) is 5.36. The van der Waals surface area contributed by atoms with E-state index >= 15 is 0 Å². The van der Waals surface area contributed by atoms with Crippen LogP contribution in [0.3, 0.4) is 0 Å². The van der Waals surface area contributed by atoms with Crippen LogP contribution in [0.4, 0.5) is 0 Å². The van der Waals surface area contributed by atoms with E-state index in [4.69, 9.17) is 5.11 Å². The zero-order chi connectivity index (χ0) is 12.6. The van der Waals surface area contributed by atoms with E-state index in [-0.39, 0.29) is 11.5 Å². The zero-order valence-electron chi connectivity index (χ0n) is 9.91. The minimum absolute atomic E-state index is 0.0167. The van der Waals surface area contributed by atoms with Crippen LogP contribution in [0.25, 0.3) is 0 Å². The van der Waals surface area contributed by atoms with Gasteiger partial charge in [0.2, 0.25) is 0 Å². The summed E-state index contributed by atoms with van der Waals surface area (Å²) in [5.74, 6) is -0.792. The molecule has 0 saturated carbocycles. The van der Waals surface area contributed by atoms with Crippen molar-refractivity contribution in [2.45, 2.75) is 44.7 Å². The molecule has 2 atom stereocenters. The molecule has 0 aliphatic carbocycles. The highest BCUT2D eigenvalue weighted by molar-refractivity contribution is 7.91. The lowest BCUT2D eigenvalue weighted by Gasteiger charge is -2.35. The molecular weight excluding hydrogens is 230 g/mol. The number of carbonyl (C=O) groups is 1. The maximum absolute atomic E-state index is 11.4. The fourth-order valence-electron chi connectivity index (χ4n) is 2.07. The van der Waals surface area contributed by atoms with Gasteiger partial charge in [-0.15, -0.1) is 0 Å². The first-order chi connectivity index (χ1) is 7.13. The van der Waals surface area contributed by atoms with Crippen molar-refractivity contribution >= 4 is 15.8 Å². The maximum Gasteiger partial charge on any atom is 0.323 e. The lowest BCUT2D eigenvalue weighted by atomic mass is 9.92. The Hall–Kier alpha value is -0.620. The van der Waals surface area contributed by atoms with Crippen molar-refractivity contribution in [2.24, 2.45) is 0 Å². The van der Waals surface area contributed by atoms with Gasteiger partial charge in [0.15, 0.2) is 9.84 Å². The molecule has 0 radical (unpaired) electrons. The number of carboxylic acid groups (broad SMARTS) is 1. The molecule has 94 valence electrons. The topological polar surface area (TPSA) is 83.5 Å². The van der Waals surface area contributed by atoms with E-state index < -0.39 is 26.9 Å². The number of aliphatic carboxylic acids is 1. The third-order valence-corrected chi connectivity index (χ3v) is 5.16. The highest BCUT2D eigenvalue weighted by Crippen LogP contribution is 2.26. The summed E-state index contributed by atoms with van der Waals surface area (Å²) in [4.78, 5) is 11.1. The molecule has 1 aliphatic rings. The number of hydrogen-bond donors (Lipinski definition) is 2. The molecule has 0 aromatic heterocycles. The van der Waals surface area contributed by atoms with Crippen LogP contribution in [0.5, 0.6) is 0 Å². The fraction of sp³-hybridized carbons (Fsp3) is 0.900. The van der Waals surface area contributed by atoms with Crippen LogP contribution < -0.4 is 5.32 Å². The number of hydrogen-bond acceptors (Lipinski definition) is 4. The van der Waals surface area contributed by atoms with Crippen LogP contribution in [0.2, 0.25) is 0 Å². The maximum atomic E-state index is 11.4. The zero-order valence-corrected chi connectivity index (χ0v) is 10.7. The molecule has 0 aromatic rings. The molecule has 0 amide bonds. The van der Waals surface area contributed by atoms with Gasteiger partial charge in [-0.25, -0.2) is 8.42 Å². The van der Waals surface area contributed by atoms with Gasteiger partial charge in [-0.2, -0.15) is 0 Å². The van der Waals surface area contributed by atoms with Crippen LogP contribution in [0.15, 0.2) is 0 Å². The van der Waals surface area contributed by atoms with Gasteiger partial charge in [0.05, 0.1) is 11.5 Å². The monoisotopic (exact) mass is 249 g/mol. The lowest BCUT2D eigenvalue weighted by Crippen LogP contribution is -2.59. The quantitative estimate of drug-likeness (QED) is 0.754. The Morgan fingerprint density at radius 3 is 2.44 bits per heavy atom. The Balaban J connectivity index is 2.85. The van der Waals surface area contributed by atoms with Crippen molar-refractivity contribution < 1.29 is 18.3 Å². The molecule has 16 heavy (non-hydrogen) atoms. The predicted octanol–water partition coefficient (Wildman–Crippen LogP) is 0.407. The molecule has 0 bridgehead atoms. The number of rotatable bonds is 4. The van der Waals surface area contributed by atoms with Gasteiger partial charge < -0.3 is 5.11 Å². The summed E-state index contributed by atoms with van der Waals surface area (Å²) in [6, 6.07) is 0. The van der Waals surface area contributed by atoms with Gasteiger partial charge in [0.1, 0.15) is 5.54 Å². The van der Waals surface area contributed by atoms with Gasteiger partial charge in [0, 0.05) is 5.54 Å². The van der Waals surface area contributed by atoms with Gasteiger partial charge >= 0.3 is 5.97 Å². The Morgan fingerprint density at radius 2 is 2.12 bits per heavy atom. The van der Waals surface area contributed by atoms with Crippen LogP contribution in [-0.4, -0.2) is 42.1 Å². The molecule has 1 aliphatic heterocycles. The third kappa shape index (κ3) is 2.74. The standard InChI is InChI=1S/C10H19NO4S/c1-4-10(3,8(12)13)11-9(2)5-6-16(14,15)7-9/h11H,4-7H2,1-3H3,(H,12,13). The number of nitrogens with one attached hydrogen (secondary N) is 1. The predicted molar refractivity (Wildman–Crippen MR) is 61.1 cm³/mol. The normalized spacial score (nSPS) is 32.2. The second-order valence-electron chi connectivity index (χ2n) is 5.02. The van der Waals surface area contributed by atoms with Crippen LogP contribution in [0.1, 0.15) is 33.6 Å². The summed E-state index contributed by atoms with van der Waals surface area (Å²) in [5, 5.41) is 12.1. The second kappa shape index (κ2) is 4.00. The summed E-state index contributed by atoms with van der Waals surface area (Å²) in [6.45, 7) is 5.13. The van der Waals surface area contributed by atoms with Crippen molar-refractivity contribution in [3.05, 3.63) is 0 Å². The molecule has 2 N–H and O–H groups in total. The van der Waals surface area contributed by atoms with E-state index in [2.05, 4.69) is 5.32 Å². The van der Waals surface area contributed by atoms with Crippen molar-refractivity contribution in [3.8, 4) is 0 Å². The van der Waals surface area contributed by atoms with Gasteiger partial charge in [-0.3, -0.25) is 10.1 Å². The number of carboxylic acids is 1. The Morgan fingerprint density at radius 1 is 1.56 bits per heavy atom. The summed E-state index contributed by atoms with van der Waals surface area (Å²) >= 11 is 0. The summed E-state index contributed by atoms with van der Waals surface area (Å²) < 4.78 is 22.8. The van der Waals surface area contributed by atoms with Gasteiger partial charge in [-0.05, 0) is 26.7 Å². The smallest absolute Gasteiger partial charge is 0.323 e. The van der Waals surface area contributed by atoms with E-state index in [1.54, 1.807) is 20.8 Å². The largest absolute Gasteiger partial charge is 0.480 e.